The smallest absolute Gasteiger partial charge is 0.423 e. The van der Waals surface area contributed by atoms with Crippen LogP contribution in [0.1, 0.15) is 11.1 Å². The summed E-state index contributed by atoms with van der Waals surface area (Å²) in [6.45, 7) is -0.167. The molecule has 0 aliphatic rings. The molecule has 2 aromatic carbocycles. The second kappa shape index (κ2) is 9.63. The topological polar surface area (TPSA) is 143 Å². The van der Waals surface area contributed by atoms with Gasteiger partial charge in [-0.3, -0.25) is 10.1 Å². The Labute approximate surface area is 189 Å². The summed E-state index contributed by atoms with van der Waals surface area (Å²) in [5, 5.41) is 24.4. The van der Waals surface area contributed by atoms with Gasteiger partial charge in [0.15, 0.2) is 18.1 Å². The number of ether oxygens (including phenoxy) is 4. The Morgan fingerprint density at radius 1 is 1.18 bits per heavy atom. The van der Waals surface area contributed by atoms with E-state index >= 15 is 0 Å². The minimum Gasteiger partial charge on any atom is -0.493 e. The molecule has 0 fully saturated rings. The van der Waals surface area contributed by atoms with Gasteiger partial charge in [-0.1, -0.05) is 5.16 Å². The summed E-state index contributed by atoms with van der Waals surface area (Å²) in [4.78, 5) is 14.3. The highest BCUT2D eigenvalue weighted by molar-refractivity contribution is 5.76. The lowest BCUT2D eigenvalue weighted by molar-refractivity contribution is -0.389. The van der Waals surface area contributed by atoms with Crippen LogP contribution in [0.25, 0.3) is 22.8 Å². The molecular weight excluding hydrogens is 465 g/mol. The number of halogens is 3. The van der Waals surface area contributed by atoms with Crippen molar-refractivity contribution >= 4 is 5.69 Å². The molecule has 0 radical (unpaired) electrons. The zero-order chi connectivity index (χ0) is 25.0. The zero-order valence-corrected chi connectivity index (χ0v) is 17.8. The van der Waals surface area contributed by atoms with Gasteiger partial charge in [0, 0.05) is 12.7 Å². The minimum atomic E-state index is -5.18. The normalized spacial score (nSPS) is 11.1. The van der Waals surface area contributed by atoms with Crippen LogP contribution < -0.4 is 14.2 Å². The first-order valence-corrected chi connectivity index (χ1v) is 9.17. The molecule has 0 spiro atoms. The van der Waals surface area contributed by atoms with Crippen molar-refractivity contribution in [3.8, 4) is 46.2 Å². The number of rotatable bonds is 8. The Morgan fingerprint density at radius 3 is 2.47 bits per heavy atom. The van der Waals surface area contributed by atoms with Crippen molar-refractivity contribution in [2.75, 3.05) is 28.1 Å². The second-order valence-electron chi connectivity index (χ2n) is 6.43. The summed E-state index contributed by atoms with van der Waals surface area (Å²) >= 11 is 0. The quantitative estimate of drug-likeness (QED) is 0.261. The number of methoxy groups -OCH3 is 3. The van der Waals surface area contributed by atoms with Gasteiger partial charge in [0.25, 0.3) is 5.89 Å². The van der Waals surface area contributed by atoms with Gasteiger partial charge in [0.2, 0.25) is 11.6 Å². The SMILES string of the molecule is COCOc1cc(-c2noc(-c3cc(OC)c(OC)c([N+](=O)[O-])c3C(F)(F)F)n2)ccc1C#N. The van der Waals surface area contributed by atoms with Gasteiger partial charge in [-0.2, -0.15) is 23.4 Å². The number of nitriles is 1. The molecule has 0 saturated heterocycles. The molecule has 0 bridgehead atoms. The molecule has 3 rings (SSSR count). The van der Waals surface area contributed by atoms with Gasteiger partial charge in [-0.25, -0.2) is 0 Å². The molecule has 14 heteroatoms. The number of nitro groups is 1. The maximum Gasteiger partial charge on any atom is 0.423 e. The number of hydrogen-bond donors (Lipinski definition) is 0. The van der Waals surface area contributed by atoms with Crippen molar-refractivity contribution in [3.05, 3.63) is 45.5 Å². The van der Waals surface area contributed by atoms with Gasteiger partial charge >= 0.3 is 11.9 Å². The predicted molar refractivity (Wildman–Crippen MR) is 107 cm³/mol. The van der Waals surface area contributed by atoms with Crippen LogP contribution in [0.15, 0.2) is 28.8 Å². The van der Waals surface area contributed by atoms with Gasteiger partial charge in [0.05, 0.1) is 30.3 Å². The Balaban J connectivity index is 2.20. The van der Waals surface area contributed by atoms with E-state index in [-0.39, 0.29) is 35.2 Å². The number of hydrogen-bond acceptors (Lipinski definition) is 10. The summed E-state index contributed by atoms with van der Waals surface area (Å²) < 4.78 is 66.7. The highest BCUT2D eigenvalue weighted by Crippen LogP contribution is 2.50. The summed E-state index contributed by atoms with van der Waals surface area (Å²) in [6, 6.07) is 6.96. The fourth-order valence-corrected chi connectivity index (χ4v) is 3.05. The third kappa shape index (κ3) is 4.55. The van der Waals surface area contributed by atoms with Crippen molar-refractivity contribution in [2.45, 2.75) is 6.18 Å². The average Bonchev–Trinajstić information content (AvgIpc) is 3.30. The predicted octanol–water partition coefficient (Wildman–Crippen LogP) is 4.20. The van der Waals surface area contributed by atoms with E-state index in [2.05, 4.69) is 10.1 Å². The Hall–Kier alpha value is -4.38. The Kier molecular flexibility index (Phi) is 6.87. The number of benzene rings is 2. The van der Waals surface area contributed by atoms with E-state index in [0.717, 1.165) is 20.3 Å². The molecule has 178 valence electrons. The molecular formula is C20H15F3N4O7. The van der Waals surface area contributed by atoms with Crippen LogP contribution in [0, 0.1) is 21.4 Å². The Bertz CT molecular complexity index is 1270. The lowest BCUT2D eigenvalue weighted by Gasteiger charge is -2.15. The van der Waals surface area contributed by atoms with E-state index in [9.17, 15) is 28.5 Å². The Morgan fingerprint density at radius 2 is 1.91 bits per heavy atom. The van der Waals surface area contributed by atoms with Gasteiger partial charge in [-0.15, -0.1) is 0 Å². The number of nitro benzene ring substituents is 1. The monoisotopic (exact) mass is 480 g/mol. The van der Waals surface area contributed by atoms with Crippen LogP contribution in [0.5, 0.6) is 17.2 Å². The van der Waals surface area contributed by atoms with Crippen LogP contribution in [0.2, 0.25) is 0 Å². The molecule has 0 unspecified atom stereocenters. The number of alkyl halides is 3. The van der Waals surface area contributed by atoms with Crippen LogP contribution in [-0.4, -0.2) is 43.2 Å². The lowest BCUT2D eigenvalue weighted by atomic mass is 10.0. The van der Waals surface area contributed by atoms with Gasteiger partial charge < -0.3 is 23.5 Å². The molecule has 0 N–H and O–H groups in total. The van der Waals surface area contributed by atoms with Crippen LogP contribution in [-0.2, 0) is 10.9 Å². The standard InChI is InChI=1S/C20H15F3N4O7/c1-30-9-33-13-6-10(4-5-11(13)8-24)18-25-19(34-26-18)12-7-14(31-2)17(32-3)16(27(28)29)15(12)20(21,22)23/h4-7H,9H2,1-3H3. The fraction of sp³-hybridized carbons (Fsp3) is 0.250. The minimum absolute atomic E-state index is 0.117. The van der Waals surface area contributed by atoms with Crippen molar-refractivity contribution in [2.24, 2.45) is 0 Å². The van der Waals surface area contributed by atoms with Crippen molar-refractivity contribution in [1.82, 2.24) is 10.1 Å². The first kappa shape index (κ1) is 24.3. The molecule has 0 atom stereocenters. The first-order chi connectivity index (χ1) is 16.2. The van der Waals surface area contributed by atoms with E-state index in [1.165, 1.54) is 25.3 Å². The fourth-order valence-electron chi connectivity index (χ4n) is 3.05. The van der Waals surface area contributed by atoms with Crippen molar-refractivity contribution < 1.29 is 41.6 Å². The molecule has 0 aliphatic carbocycles. The van der Waals surface area contributed by atoms with Gasteiger partial charge in [0.1, 0.15) is 11.8 Å². The molecule has 0 amide bonds. The summed E-state index contributed by atoms with van der Waals surface area (Å²) in [7, 11) is 3.46. The van der Waals surface area contributed by atoms with Crippen LogP contribution in [0.4, 0.5) is 18.9 Å². The highest BCUT2D eigenvalue weighted by Gasteiger charge is 2.46. The summed E-state index contributed by atoms with van der Waals surface area (Å²) in [5.74, 6) is -1.76. The number of aromatic nitrogens is 2. The molecule has 0 aliphatic heterocycles. The first-order valence-electron chi connectivity index (χ1n) is 9.17. The maximum atomic E-state index is 13.9. The van der Waals surface area contributed by atoms with E-state index in [0.29, 0.717) is 0 Å². The third-order valence-electron chi connectivity index (χ3n) is 4.46. The second-order valence-corrected chi connectivity index (χ2v) is 6.43. The van der Waals surface area contributed by atoms with Crippen molar-refractivity contribution in [1.29, 1.82) is 5.26 Å². The average molecular weight is 480 g/mol. The lowest BCUT2D eigenvalue weighted by Crippen LogP contribution is -2.13. The summed E-state index contributed by atoms with van der Waals surface area (Å²) in [5.41, 5.74) is -3.38. The molecule has 0 saturated carbocycles. The maximum absolute atomic E-state index is 13.9. The zero-order valence-electron chi connectivity index (χ0n) is 17.8. The number of nitrogens with zero attached hydrogens (tertiary/aromatic N) is 4. The van der Waals surface area contributed by atoms with E-state index < -0.39 is 39.6 Å². The molecule has 3 aromatic rings. The summed E-state index contributed by atoms with van der Waals surface area (Å²) in [6.07, 6.45) is -5.18. The largest absolute Gasteiger partial charge is 0.493 e. The van der Waals surface area contributed by atoms with Crippen LogP contribution >= 0.6 is 0 Å². The molecule has 11 nitrogen and oxygen atoms in total. The van der Waals surface area contributed by atoms with E-state index in [1.807, 2.05) is 6.07 Å². The van der Waals surface area contributed by atoms with Crippen molar-refractivity contribution in [3.63, 3.8) is 0 Å². The van der Waals surface area contributed by atoms with E-state index in [4.69, 9.17) is 23.5 Å². The molecule has 1 heterocycles. The van der Waals surface area contributed by atoms with Crippen LogP contribution in [0.3, 0.4) is 0 Å². The van der Waals surface area contributed by atoms with E-state index in [1.54, 1.807) is 0 Å². The highest BCUT2D eigenvalue weighted by atomic mass is 19.4. The van der Waals surface area contributed by atoms with Gasteiger partial charge in [-0.05, 0) is 24.3 Å². The third-order valence-corrected chi connectivity index (χ3v) is 4.46. The molecule has 34 heavy (non-hydrogen) atoms. The molecule has 1 aromatic heterocycles.